The van der Waals surface area contributed by atoms with Gasteiger partial charge in [-0.15, -0.1) is 0 Å². The van der Waals surface area contributed by atoms with Gasteiger partial charge in [-0.1, -0.05) is 72.8 Å². The van der Waals surface area contributed by atoms with Crippen molar-refractivity contribution >= 4 is 44.7 Å². The first kappa shape index (κ1) is 24.7. The van der Waals surface area contributed by atoms with Gasteiger partial charge in [0.2, 0.25) is 17.8 Å². The fourth-order valence-corrected chi connectivity index (χ4v) is 5.46. The maximum Gasteiger partial charge on any atom is 0.233 e. The second-order valence-corrected chi connectivity index (χ2v) is 10.5. The Balaban J connectivity index is 1.53. The minimum absolute atomic E-state index is 0.0487. The SMILES string of the molecule is CCCCn1c(NC(=O)C2C=C(Br)C=CC2)nc2cc(CN(C)C(=O)C3CCCCC3)ccc21. The summed E-state index contributed by atoms with van der Waals surface area (Å²) in [7, 11) is 1.90. The third-order valence-electron chi connectivity index (χ3n) is 6.90. The third kappa shape index (κ3) is 5.80. The highest BCUT2D eigenvalue weighted by atomic mass is 79.9. The molecule has 6 nitrogen and oxygen atoms in total. The van der Waals surface area contributed by atoms with Crippen LogP contribution in [0, 0.1) is 11.8 Å². The predicted octanol–water partition coefficient (Wildman–Crippen LogP) is 6.17. The molecule has 182 valence electrons. The molecule has 2 aliphatic rings. The van der Waals surface area contributed by atoms with E-state index in [-0.39, 0.29) is 23.7 Å². The Labute approximate surface area is 210 Å². The van der Waals surface area contributed by atoms with E-state index in [9.17, 15) is 9.59 Å². The number of hydrogen-bond donors (Lipinski definition) is 1. The fraction of sp³-hybridized carbons (Fsp3) is 0.519. The van der Waals surface area contributed by atoms with Gasteiger partial charge in [-0.3, -0.25) is 14.9 Å². The number of carbonyl (C=O) groups is 2. The molecule has 0 spiro atoms. The molecule has 1 N–H and O–H groups in total. The molecule has 1 aromatic carbocycles. The van der Waals surface area contributed by atoms with Gasteiger partial charge in [0, 0.05) is 30.5 Å². The lowest BCUT2D eigenvalue weighted by molar-refractivity contribution is -0.135. The normalized spacial score (nSPS) is 18.7. The zero-order valence-electron chi connectivity index (χ0n) is 20.2. The Morgan fingerprint density at radius 2 is 2.03 bits per heavy atom. The van der Waals surface area contributed by atoms with Crippen molar-refractivity contribution < 1.29 is 9.59 Å². The van der Waals surface area contributed by atoms with Crippen molar-refractivity contribution in [3.05, 3.63) is 46.5 Å². The van der Waals surface area contributed by atoms with Crippen LogP contribution >= 0.6 is 15.9 Å². The van der Waals surface area contributed by atoms with Crippen molar-refractivity contribution in [1.82, 2.24) is 14.5 Å². The van der Waals surface area contributed by atoms with Gasteiger partial charge in [-0.05, 0) is 43.4 Å². The van der Waals surface area contributed by atoms with Crippen LogP contribution in [0.15, 0.2) is 40.9 Å². The maximum absolute atomic E-state index is 12.9. The summed E-state index contributed by atoms with van der Waals surface area (Å²) in [6.07, 6.45) is 14.2. The van der Waals surface area contributed by atoms with Gasteiger partial charge in [-0.2, -0.15) is 0 Å². The molecular formula is C27H35BrN4O2. The summed E-state index contributed by atoms with van der Waals surface area (Å²) in [4.78, 5) is 32.5. The molecule has 1 fully saturated rings. The van der Waals surface area contributed by atoms with E-state index in [1.54, 1.807) is 0 Å². The molecule has 0 saturated heterocycles. The average molecular weight is 528 g/mol. The summed E-state index contributed by atoms with van der Waals surface area (Å²) in [5.74, 6) is 0.751. The molecule has 1 unspecified atom stereocenters. The van der Waals surface area contributed by atoms with Crippen molar-refractivity contribution in [2.24, 2.45) is 11.8 Å². The Morgan fingerprint density at radius 3 is 2.76 bits per heavy atom. The number of aromatic nitrogens is 2. The number of amides is 2. The summed E-state index contributed by atoms with van der Waals surface area (Å²) in [6, 6.07) is 6.20. The summed E-state index contributed by atoms with van der Waals surface area (Å²) < 4.78 is 3.03. The lowest BCUT2D eigenvalue weighted by Crippen LogP contribution is -2.33. The van der Waals surface area contributed by atoms with Gasteiger partial charge in [0.25, 0.3) is 0 Å². The molecule has 1 saturated carbocycles. The molecule has 2 aliphatic carbocycles. The Bertz CT molecular complexity index is 1100. The van der Waals surface area contributed by atoms with Crippen molar-refractivity contribution in [3.63, 3.8) is 0 Å². The van der Waals surface area contributed by atoms with Crippen LogP contribution in [0.5, 0.6) is 0 Å². The van der Waals surface area contributed by atoms with Crippen LogP contribution in [0.3, 0.4) is 0 Å². The molecule has 0 aliphatic heterocycles. The molecular weight excluding hydrogens is 492 g/mol. The van der Waals surface area contributed by atoms with Gasteiger partial charge in [0.1, 0.15) is 0 Å². The molecule has 1 aromatic heterocycles. The fourth-order valence-electron chi connectivity index (χ4n) is 4.95. The van der Waals surface area contributed by atoms with Gasteiger partial charge < -0.3 is 9.47 Å². The topological polar surface area (TPSA) is 67.2 Å². The number of anilines is 1. The van der Waals surface area contributed by atoms with Crippen molar-refractivity contribution in [2.75, 3.05) is 12.4 Å². The number of unbranched alkanes of at least 4 members (excludes halogenated alkanes) is 1. The maximum atomic E-state index is 12.9. The highest BCUT2D eigenvalue weighted by molar-refractivity contribution is 9.11. The number of imidazole rings is 1. The molecule has 1 atom stereocenters. The van der Waals surface area contributed by atoms with E-state index < -0.39 is 0 Å². The Hall–Kier alpha value is -2.41. The number of fused-ring (bicyclic) bond motifs is 1. The molecule has 1 heterocycles. The largest absolute Gasteiger partial charge is 0.341 e. The molecule has 2 aromatic rings. The van der Waals surface area contributed by atoms with Crippen LogP contribution < -0.4 is 5.32 Å². The van der Waals surface area contributed by atoms with Gasteiger partial charge in [-0.25, -0.2) is 4.98 Å². The minimum atomic E-state index is -0.214. The zero-order chi connectivity index (χ0) is 24.1. The number of rotatable bonds is 8. The summed E-state index contributed by atoms with van der Waals surface area (Å²) in [5.41, 5.74) is 2.91. The summed E-state index contributed by atoms with van der Waals surface area (Å²) in [6.45, 7) is 3.53. The van der Waals surface area contributed by atoms with E-state index in [4.69, 9.17) is 4.98 Å². The second-order valence-electron chi connectivity index (χ2n) is 9.58. The van der Waals surface area contributed by atoms with Crippen LogP contribution in [-0.4, -0.2) is 33.3 Å². The number of benzene rings is 1. The van der Waals surface area contributed by atoms with Gasteiger partial charge in [0.15, 0.2) is 0 Å². The van der Waals surface area contributed by atoms with E-state index >= 15 is 0 Å². The predicted molar refractivity (Wildman–Crippen MR) is 141 cm³/mol. The van der Waals surface area contributed by atoms with Crippen LogP contribution in [0.25, 0.3) is 11.0 Å². The van der Waals surface area contributed by atoms with Crippen molar-refractivity contribution in [3.8, 4) is 0 Å². The van der Waals surface area contributed by atoms with Crippen molar-refractivity contribution in [2.45, 2.75) is 71.4 Å². The first-order valence-corrected chi connectivity index (χ1v) is 13.3. The summed E-state index contributed by atoms with van der Waals surface area (Å²) in [5, 5.41) is 3.07. The number of allylic oxidation sites excluding steroid dienone is 3. The minimum Gasteiger partial charge on any atom is -0.341 e. The monoisotopic (exact) mass is 526 g/mol. The quantitative estimate of drug-likeness (QED) is 0.447. The lowest BCUT2D eigenvalue weighted by Gasteiger charge is -2.26. The zero-order valence-corrected chi connectivity index (χ0v) is 21.8. The van der Waals surface area contributed by atoms with Gasteiger partial charge >= 0.3 is 0 Å². The molecule has 7 heteroatoms. The van der Waals surface area contributed by atoms with E-state index in [0.29, 0.717) is 18.9 Å². The molecule has 2 amide bonds. The van der Waals surface area contributed by atoms with E-state index in [2.05, 4.69) is 50.9 Å². The van der Waals surface area contributed by atoms with Crippen LogP contribution in [0.2, 0.25) is 0 Å². The van der Waals surface area contributed by atoms with E-state index in [1.807, 2.05) is 30.2 Å². The highest BCUT2D eigenvalue weighted by Gasteiger charge is 2.24. The molecule has 34 heavy (non-hydrogen) atoms. The average Bonchev–Trinajstić information content (AvgIpc) is 3.18. The van der Waals surface area contributed by atoms with E-state index in [1.165, 1.54) is 6.42 Å². The van der Waals surface area contributed by atoms with Crippen molar-refractivity contribution in [1.29, 1.82) is 0 Å². The molecule has 0 bridgehead atoms. The number of carbonyl (C=O) groups excluding carboxylic acids is 2. The Kier molecular flexibility index (Phi) is 8.24. The van der Waals surface area contributed by atoms with Crippen LogP contribution in [0.1, 0.15) is 63.9 Å². The number of nitrogens with zero attached hydrogens (tertiary/aromatic N) is 3. The lowest BCUT2D eigenvalue weighted by atomic mass is 9.88. The van der Waals surface area contributed by atoms with Crippen LogP contribution in [0.4, 0.5) is 5.95 Å². The number of aryl methyl sites for hydroxylation is 1. The smallest absolute Gasteiger partial charge is 0.233 e. The molecule has 4 rings (SSSR count). The van der Waals surface area contributed by atoms with Crippen LogP contribution in [-0.2, 0) is 22.7 Å². The number of hydrogen-bond acceptors (Lipinski definition) is 3. The second kappa shape index (κ2) is 11.3. The first-order chi connectivity index (χ1) is 16.5. The number of nitrogens with one attached hydrogen (secondary N) is 1. The standard InChI is InChI=1S/C27H35BrN4O2/c1-3-4-15-32-24-14-13-19(18-31(2)26(34)20-9-6-5-7-10-20)16-23(24)29-27(32)30-25(33)21-11-8-12-22(28)17-21/h8,12-14,16-17,20-21H,3-7,9-11,15,18H2,1-2H3,(H,29,30,33). The third-order valence-corrected chi connectivity index (χ3v) is 7.43. The van der Waals surface area contributed by atoms with Gasteiger partial charge in [0.05, 0.1) is 17.0 Å². The molecule has 0 radical (unpaired) electrons. The first-order valence-electron chi connectivity index (χ1n) is 12.5. The Morgan fingerprint density at radius 1 is 1.24 bits per heavy atom. The summed E-state index contributed by atoms with van der Waals surface area (Å²) >= 11 is 3.47. The van der Waals surface area contributed by atoms with E-state index in [0.717, 1.165) is 66.1 Å². The highest BCUT2D eigenvalue weighted by Crippen LogP contribution is 2.27. The number of halogens is 1.